The Labute approximate surface area is 155 Å². The van der Waals surface area contributed by atoms with Crippen molar-refractivity contribution in [2.24, 2.45) is 5.92 Å². The molecule has 2 heterocycles. The van der Waals surface area contributed by atoms with Crippen LogP contribution in [-0.4, -0.2) is 46.0 Å². The van der Waals surface area contributed by atoms with Gasteiger partial charge in [0, 0.05) is 19.2 Å². The molecular weight excluding hydrogens is 328 g/mol. The summed E-state index contributed by atoms with van der Waals surface area (Å²) in [6.07, 6.45) is 5.84. The van der Waals surface area contributed by atoms with E-state index in [4.69, 9.17) is 4.74 Å². The van der Waals surface area contributed by atoms with Crippen LogP contribution >= 0.6 is 0 Å². The minimum absolute atomic E-state index is 0.00575. The standard InChI is InChI=1S/C20H28N4O2/c1-4-7-16-8-6-12-23(13-11-16)20(25)19-15(2)24(22-21-19)17-9-5-10-18(14-17)26-3/h5,9-10,14,16H,4,6-8,11-13H2,1-3H3. The number of hydrogen-bond acceptors (Lipinski definition) is 4. The first-order valence-electron chi connectivity index (χ1n) is 9.50. The molecule has 1 aromatic heterocycles. The molecule has 2 aromatic rings. The molecule has 26 heavy (non-hydrogen) atoms. The van der Waals surface area contributed by atoms with E-state index in [2.05, 4.69) is 17.2 Å². The molecule has 140 valence electrons. The molecule has 6 nitrogen and oxygen atoms in total. The molecule has 6 heteroatoms. The Balaban J connectivity index is 1.77. The molecule has 3 rings (SSSR count). The maximum Gasteiger partial charge on any atom is 0.276 e. The van der Waals surface area contributed by atoms with Crippen molar-refractivity contribution in [2.75, 3.05) is 20.2 Å². The molecule has 0 bridgehead atoms. The van der Waals surface area contributed by atoms with Crippen molar-refractivity contribution in [1.29, 1.82) is 0 Å². The summed E-state index contributed by atoms with van der Waals surface area (Å²) in [7, 11) is 1.63. The lowest BCUT2D eigenvalue weighted by Crippen LogP contribution is -2.32. The van der Waals surface area contributed by atoms with E-state index in [-0.39, 0.29) is 5.91 Å². The topological polar surface area (TPSA) is 60.2 Å². The van der Waals surface area contributed by atoms with Gasteiger partial charge < -0.3 is 9.64 Å². The van der Waals surface area contributed by atoms with Crippen LogP contribution in [0.2, 0.25) is 0 Å². The summed E-state index contributed by atoms with van der Waals surface area (Å²) in [5.74, 6) is 1.49. The SMILES string of the molecule is CCCC1CCCN(C(=O)c2nnn(-c3cccc(OC)c3)c2C)CC1. The average Bonchev–Trinajstić information content (AvgIpc) is 2.89. The van der Waals surface area contributed by atoms with E-state index in [1.807, 2.05) is 36.1 Å². The van der Waals surface area contributed by atoms with Crippen LogP contribution in [0.3, 0.4) is 0 Å². The molecule has 0 aliphatic carbocycles. The fraction of sp³-hybridized carbons (Fsp3) is 0.550. The molecule has 1 atom stereocenters. The Morgan fingerprint density at radius 1 is 1.31 bits per heavy atom. The minimum atomic E-state index is -0.00575. The first-order valence-corrected chi connectivity index (χ1v) is 9.50. The Kier molecular flexibility index (Phi) is 5.91. The van der Waals surface area contributed by atoms with Crippen LogP contribution in [-0.2, 0) is 0 Å². The number of nitrogens with zero attached hydrogens (tertiary/aromatic N) is 4. The van der Waals surface area contributed by atoms with Gasteiger partial charge in [0.15, 0.2) is 5.69 Å². The predicted octanol–water partition coefficient (Wildman–Crippen LogP) is 3.63. The zero-order chi connectivity index (χ0) is 18.5. The fourth-order valence-electron chi connectivity index (χ4n) is 3.73. The first kappa shape index (κ1) is 18.4. The summed E-state index contributed by atoms with van der Waals surface area (Å²) < 4.78 is 6.97. The van der Waals surface area contributed by atoms with Gasteiger partial charge in [0.2, 0.25) is 0 Å². The van der Waals surface area contributed by atoms with Gasteiger partial charge in [0.1, 0.15) is 5.75 Å². The van der Waals surface area contributed by atoms with Crippen LogP contribution in [0.5, 0.6) is 5.75 Å². The number of aromatic nitrogens is 3. The lowest BCUT2D eigenvalue weighted by atomic mass is 9.96. The largest absolute Gasteiger partial charge is 0.497 e. The molecule has 0 spiro atoms. The summed E-state index contributed by atoms with van der Waals surface area (Å²) in [6, 6.07) is 7.60. The molecule has 0 N–H and O–H groups in total. The van der Waals surface area contributed by atoms with Crippen molar-refractivity contribution < 1.29 is 9.53 Å². The van der Waals surface area contributed by atoms with E-state index in [1.54, 1.807) is 11.8 Å². The number of likely N-dealkylation sites (tertiary alicyclic amines) is 1. The number of carbonyl (C=O) groups is 1. The zero-order valence-corrected chi connectivity index (χ0v) is 15.9. The Morgan fingerprint density at radius 2 is 2.15 bits per heavy atom. The predicted molar refractivity (Wildman–Crippen MR) is 101 cm³/mol. The Hall–Kier alpha value is -2.37. The van der Waals surface area contributed by atoms with Crippen molar-refractivity contribution in [3.63, 3.8) is 0 Å². The third-order valence-electron chi connectivity index (χ3n) is 5.23. The van der Waals surface area contributed by atoms with Gasteiger partial charge in [0.05, 0.1) is 18.5 Å². The van der Waals surface area contributed by atoms with Crippen LogP contribution < -0.4 is 4.74 Å². The van der Waals surface area contributed by atoms with Gasteiger partial charge in [-0.3, -0.25) is 4.79 Å². The maximum absolute atomic E-state index is 13.0. The van der Waals surface area contributed by atoms with Gasteiger partial charge in [-0.2, -0.15) is 0 Å². The molecule has 1 unspecified atom stereocenters. The Morgan fingerprint density at radius 3 is 2.92 bits per heavy atom. The van der Waals surface area contributed by atoms with Gasteiger partial charge >= 0.3 is 0 Å². The third-order valence-corrected chi connectivity index (χ3v) is 5.23. The summed E-state index contributed by atoms with van der Waals surface area (Å²) in [5.41, 5.74) is 2.05. The van der Waals surface area contributed by atoms with Gasteiger partial charge in [-0.25, -0.2) is 4.68 Å². The minimum Gasteiger partial charge on any atom is -0.497 e. The lowest BCUT2D eigenvalue weighted by molar-refractivity contribution is 0.0753. The smallest absolute Gasteiger partial charge is 0.276 e. The molecule has 1 saturated heterocycles. The molecule has 0 saturated carbocycles. The molecule has 1 aliphatic rings. The van der Waals surface area contributed by atoms with Crippen molar-refractivity contribution in [2.45, 2.75) is 46.0 Å². The van der Waals surface area contributed by atoms with Gasteiger partial charge in [0.25, 0.3) is 5.91 Å². The van der Waals surface area contributed by atoms with Gasteiger partial charge in [-0.15, -0.1) is 5.10 Å². The highest BCUT2D eigenvalue weighted by Gasteiger charge is 2.25. The summed E-state index contributed by atoms with van der Waals surface area (Å²) in [6.45, 7) is 5.75. The number of carbonyl (C=O) groups excluding carboxylic acids is 1. The van der Waals surface area contributed by atoms with Crippen molar-refractivity contribution in [3.8, 4) is 11.4 Å². The van der Waals surface area contributed by atoms with E-state index in [9.17, 15) is 4.79 Å². The number of hydrogen-bond donors (Lipinski definition) is 0. The number of methoxy groups -OCH3 is 1. The second-order valence-electron chi connectivity index (χ2n) is 7.01. The lowest BCUT2D eigenvalue weighted by Gasteiger charge is -2.19. The number of benzene rings is 1. The third kappa shape index (κ3) is 3.89. The maximum atomic E-state index is 13.0. The number of rotatable bonds is 5. The molecular formula is C20H28N4O2. The van der Waals surface area contributed by atoms with Gasteiger partial charge in [-0.05, 0) is 44.2 Å². The van der Waals surface area contributed by atoms with Crippen molar-refractivity contribution in [3.05, 3.63) is 35.7 Å². The van der Waals surface area contributed by atoms with Crippen molar-refractivity contribution >= 4 is 5.91 Å². The Bertz CT molecular complexity index is 756. The summed E-state index contributed by atoms with van der Waals surface area (Å²) in [4.78, 5) is 14.9. The summed E-state index contributed by atoms with van der Waals surface area (Å²) >= 11 is 0. The monoisotopic (exact) mass is 356 g/mol. The van der Waals surface area contributed by atoms with E-state index >= 15 is 0 Å². The number of amides is 1. The molecule has 0 radical (unpaired) electrons. The first-order chi connectivity index (χ1) is 12.6. The second kappa shape index (κ2) is 8.34. The van der Waals surface area contributed by atoms with Crippen LogP contribution in [0.15, 0.2) is 24.3 Å². The zero-order valence-electron chi connectivity index (χ0n) is 15.9. The number of ether oxygens (including phenoxy) is 1. The van der Waals surface area contributed by atoms with Gasteiger partial charge in [-0.1, -0.05) is 31.0 Å². The fourth-order valence-corrected chi connectivity index (χ4v) is 3.73. The van der Waals surface area contributed by atoms with Crippen LogP contribution in [0, 0.1) is 12.8 Å². The van der Waals surface area contributed by atoms with E-state index < -0.39 is 0 Å². The highest BCUT2D eigenvalue weighted by atomic mass is 16.5. The highest BCUT2D eigenvalue weighted by Crippen LogP contribution is 2.24. The highest BCUT2D eigenvalue weighted by molar-refractivity contribution is 5.93. The van der Waals surface area contributed by atoms with Crippen LogP contribution in [0.25, 0.3) is 5.69 Å². The molecule has 1 aliphatic heterocycles. The summed E-state index contributed by atoms with van der Waals surface area (Å²) in [5, 5.41) is 8.40. The van der Waals surface area contributed by atoms with E-state index in [0.29, 0.717) is 5.69 Å². The van der Waals surface area contributed by atoms with Crippen LogP contribution in [0.1, 0.15) is 55.2 Å². The van der Waals surface area contributed by atoms with Crippen molar-refractivity contribution in [1.82, 2.24) is 19.9 Å². The molecule has 1 fully saturated rings. The normalized spacial score (nSPS) is 17.8. The van der Waals surface area contributed by atoms with E-state index in [0.717, 1.165) is 49.0 Å². The molecule has 1 aromatic carbocycles. The van der Waals surface area contributed by atoms with E-state index in [1.165, 1.54) is 19.3 Å². The second-order valence-corrected chi connectivity index (χ2v) is 7.01. The molecule has 1 amide bonds. The average molecular weight is 356 g/mol. The quantitative estimate of drug-likeness (QED) is 0.821. The van der Waals surface area contributed by atoms with Crippen LogP contribution in [0.4, 0.5) is 0 Å².